The van der Waals surface area contributed by atoms with Crippen LogP contribution >= 0.6 is 22.2 Å². The minimum Gasteiger partial charge on any atom is -0.129 e. The number of halogens is 2. The van der Waals surface area contributed by atoms with E-state index in [9.17, 15) is 0 Å². The summed E-state index contributed by atoms with van der Waals surface area (Å²) in [5.41, 5.74) is 6.46. The summed E-state index contributed by atoms with van der Waals surface area (Å²) < 4.78 is 0. The molecule has 68 valence electrons. The average molecular weight is 229 g/mol. The summed E-state index contributed by atoms with van der Waals surface area (Å²) in [7, 11) is -1.26. The van der Waals surface area contributed by atoms with Gasteiger partial charge in [-0.2, -0.15) is 0 Å². The fraction of sp³-hybridized carbons (Fsp3) is 0.400. The quantitative estimate of drug-likeness (QED) is 0.281. The Morgan fingerprint density at radius 1 is 1.54 bits per heavy atom. The van der Waals surface area contributed by atoms with Crippen molar-refractivity contribution in [3.8, 4) is 0 Å². The van der Waals surface area contributed by atoms with Crippen LogP contribution in [0.15, 0.2) is 30.0 Å². The summed E-state index contributed by atoms with van der Waals surface area (Å²) in [6, 6.07) is 0. The van der Waals surface area contributed by atoms with Gasteiger partial charge >= 0.3 is 0 Å². The summed E-state index contributed by atoms with van der Waals surface area (Å²) in [5, 5.41) is 0. The molecule has 0 aliphatic heterocycles. The highest BCUT2D eigenvalue weighted by Gasteiger charge is 2.39. The molecule has 0 radical (unpaired) electrons. The maximum absolute atomic E-state index is 5.85. The first-order valence-electron chi connectivity index (χ1n) is 4.32. The normalized spacial score (nSPS) is 34.9. The minimum atomic E-state index is -1.26. The SMILES string of the molecule is C=C=C1CC2C=CC1C2C=[Si](Cl)Cl. The van der Waals surface area contributed by atoms with E-state index in [0.717, 1.165) is 6.42 Å². The van der Waals surface area contributed by atoms with Gasteiger partial charge in [-0.3, -0.25) is 0 Å². The van der Waals surface area contributed by atoms with E-state index in [1.54, 1.807) is 0 Å². The number of hydrogen-bond acceptors (Lipinski definition) is 0. The van der Waals surface area contributed by atoms with Crippen LogP contribution in [0.25, 0.3) is 0 Å². The zero-order valence-electron chi connectivity index (χ0n) is 7.13. The number of allylic oxidation sites excluding steroid dienone is 3. The molecule has 0 heterocycles. The Balaban J connectivity index is 2.29. The average Bonchev–Trinajstić information content (AvgIpc) is 2.61. The molecule has 0 nitrogen and oxygen atoms in total. The fourth-order valence-electron chi connectivity index (χ4n) is 2.29. The first kappa shape index (κ1) is 9.48. The lowest BCUT2D eigenvalue weighted by atomic mass is 9.98. The van der Waals surface area contributed by atoms with Crippen molar-refractivity contribution in [2.45, 2.75) is 6.42 Å². The molecular formula is C10H10Cl2Si. The Kier molecular flexibility index (Phi) is 2.62. The van der Waals surface area contributed by atoms with Gasteiger partial charge in [0.2, 0.25) is 7.03 Å². The Bertz CT molecular complexity index is 333. The second kappa shape index (κ2) is 3.59. The summed E-state index contributed by atoms with van der Waals surface area (Å²) >= 11 is 11.7. The van der Waals surface area contributed by atoms with Crippen molar-refractivity contribution >= 4 is 34.9 Å². The van der Waals surface area contributed by atoms with Crippen molar-refractivity contribution in [3.63, 3.8) is 0 Å². The number of hydrogen-bond donors (Lipinski definition) is 0. The predicted octanol–water partition coefficient (Wildman–Crippen LogP) is 2.87. The third kappa shape index (κ3) is 1.62. The molecule has 2 bridgehead atoms. The van der Waals surface area contributed by atoms with E-state index in [1.807, 2.05) is 0 Å². The summed E-state index contributed by atoms with van der Waals surface area (Å²) in [5.74, 6) is 1.61. The minimum absolute atomic E-state index is 0.486. The van der Waals surface area contributed by atoms with Gasteiger partial charge in [-0.1, -0.05) is 24.4 Å². The van der Waals surface area contributed by atoms with Crippen LogP contribution in [0.2, 0.25) is 0 Å². The zero-order valence-corrected chi connectivity index (χ0v) is 9.65. The van der Waals surface area contributed by atoms with E-state index in [2.05, 4.69) is 30.1 Å². The maximum Gasteiger partial charge on any atom is 0.228 e. The van der Waals surface area contributed by atoms with Crippen LogP contribution in [0.4, 0.5) is 0 Å². The van der Waals surface area contributed by atoms with Crippen LogP contribution in [0.3, 0.4) is 0 Å². The van der Waals surface area contributed by atoms with E-state index < -0.39 is 7.03 Å². The van der Waals surface area contributed by atoms with E-state index in [4.69, 9.17) is 22.2 Å². The smallest absolute Gasteiger partial charge is 0.129 e. The summed E-state index contributed by atoms with van der Waals surface area (Å²) in [4.78, 5) is 0. The molecule has 3 atom stereocenters. The van der Waals surface area contributed by atoms with Gasteiger partial charge < -0.3 is 0 Å². The molecule has 1 fully saturated rings. The zero-order chi connectivity index (χ0) is 9.42. The molecule has 3 unspecified atom stereocenters. The van der Waals surface area contributed by atoms with Crippen molar-refractivity contribution in [3.05, 3.63) is 30.0 Å². The van der Waals surface area contributed by atoms with Crippen LogP contribution in [0.1, 0.15) is 6.42 Å². The lowest BCUT2D eigenvalue weighted by molar-refractivity contribution is 0.590. The number of rotatable bonds is 1. The van der Waals surface area contributed by atoms with Crippen LogP contribution in [0.5, 0.6) is 0 Å². The molecule has 0 spiro atoms. The Morgan fingerprint density at radius 3 is 2.85 bits per heavy atom. The van der Waals surface area contributed by atoms with Crippen LogP contribution in [-0.2, 0) is 0 Å². The van der Waals surface area contributed by atoms with Gasteiger partial charge in [-0.25, -0.2) is 0 Å². The molecule has 2 aliphatic carbocycles. The fourth-order valence-corrected chi connectivity index (χ4v) is 3.91. The molecule has 0 aromatic rings. The molecule has 0 aromatic heterocycles. The first-order valence-corrected chi connectivity index (χ1v) is 7.92. The van der Waals surface area contributed by atoms with E-state index in [0.29, 0.717) is 17.8 Å². The first-order chi connectivity index (χ1) is 6.22. The summed E-state index contributed by atoms with van der Waals surface area (Å²) in [6.07, 6.45) is 5.60. The molecular weight excluding hydrogens is 219 g/mol. The topological polar surface area (TPSA) is 0 Å². The molecule has 13 heavy (non-hydrogen) atoms. The molecule has 2 aliphatic rings. The standard InChI is InChI=1S/C10H10Cl2Si/c1-2-7-5-8-3-4-9(7)10(8)6-13(11)12/h3-4,6,8-10H,1,5H2. The molecule has 0 amide bonds. The second-order valence-corrected chi connectivity index (χ2v) is 7.45. The number of fused-ring (bicyclic) bond motifs is 2. The predicted molar refractivity (Wildman–Crippen MR) is 60.4 cm³/mol. The molecule has 0 aromatic carbocycles. The van der Waals surface area contributed by atoms with Gasteiger partial charge in [0.25, 0.3) is 0 Å². The second-order valence-electron chi connectivity index (χ2n) is 3.51. The van der Waals surface area contributed by atoms with Gasteiger partial charge in [0.1, 0.15) is 0 Å². The van der Waals surface area contributed by atoms with Gasteiger partial charge in [0, 0.05) is 5.92 Å². The lowest BCUT2D eigenvalue weighted by Crippen LogP contribution is -2.11. The molecule has 1 saturated carbocycles. The Morgan fingerprint density at radius 2 is 2.31 bits per heavy atom. The van der Waals surface area contributed by atoms with Gasteiger partial charge in [0.05, 0.1) is 0 Å². The monoisotopic (exact) mass is 228 g/mol. The molecule has 0 saturated heterocycles. The van der Waals surface area contributed by atoms with Crippen LogP contribution in [0, 0.1) is 17.8 Å². The van der Waals surface area contributed by atoms with Crippen molar-refractivity contribution in [2.75, 3.05) is 0 Å². The highest BCUT2D eigenvalue weighted by molar-refractivity contribution is 7.34. The maximum atomic E-state index is 5.85. The van der Waals surface area contributed by atoms with Crippen LogP contribution in [-0.4, -0.2) is 12.7 Å². The van der Waals surface area contributed by atoms with Crippen molar-refractivity contribution in [1.82, 2.24) is 0 Å². The molecule has 2 rings (SSSR count). The van der Waals surface area contributed by atoms with Gasteiger partial charge in [0.15, 0.2) is 0 Å². The van der Waals surface area contributed by atoms with E-state index in [-0.39, 0.29) is 0 Å². The van der Waals surface area contributed by atoms with E-state index in [1.165, 1.54) is 5.57 Å². The highest BCUT2D eigenvalue weighted by Crippen LogP contribution is 2.46. The third-order valence-corrected chi connectivity index (χ3v) is 4.27. The Hall–Kier alpha value is -0.0731. The molecule has 0 N–H and O–H groups in total. The van der Waals surface area contributed by atoms with Crippen molar-refractivity contribution in [1.29, 1.82) is 0 Å². The van der Waals surface area contributed by atoms with Gasteiger partial charge in [-0.15, -0.1) is 27.9 Å². The van der Waals surface area contributed by atoms with Crippen molar-refractivity contribution < 1.29 is 0 Å². The lowest BCUT2D eigenvalue weighted by Gasteiger charge is -2.09. The van der Waals surface area contributed by atoms with Crippen LogP contribution < -0.4 is 0 Å². The summed E-state index contributed by atoms with van der Waals surface area (Å²) in [6.45, 7) is 3.71. The van der Waals surface area contributed by atoms with E-state index >= 15 is 0 Å². The van der Waals surface area contributed by atoms with Gasteiger partial charge in [-0.05, 0) is 23.8 Å². The molecule has 3 heteroatoms. The highest BCUT2D eigenvalue weighted by atomic mass is 35.7. The largest absolute Gasteiger partial charge is 0.228 e. The Labute approximate surface area is 89.2 Å². The third-order valence-electron chi connectivity index (χ3n) is 2.88. The van der Waals surface area contributed by atoms with Crippen molar-refractivity contribution in [2.24, 2.45) is 17.8 Å².